The molecule has 0 saturated carbocycles. The van der Waals surface area contributed by atoms with Gasteiger partial charge in [-0.15, -0.1) is 11.3 Å². The number of carbonyl (C=O) groups is 1. The van der Waals surface area contributed by atoms with Crippen LogP contribution >= 0.6 is 11.3 Å². The topological polar surface area (TPSA) is 49.6 Å². The highest BCUT2D eigenvalue weighted by atomic mass is 32.1. The van der Waals surface area contributed by atoms with Gasteiger partial charge in [-0.05, 0) is 12.1 Å². The molecule has 1 saturated heterocycles. The zero-order valence-electron chi connectivity index (χ0n) is 11.4. The molecule has 0 bridgehead atoms. The average molecular weight is 291 g/mol. The normalized spacial score (nSPS) is 15.7. The fraction of sp³-hybridized carbons (Fsp3) is 0.429. The van der Waals surface area contributed by atoms with Gasteiger partial charge < -0.3 is 14.2 Å². The highest BCUT2D eigenvalue weighted by Crippen LogP contribution is 2.20. The number of amides is 1. The van der Waals surface area contributed by atoms with Gasteiger partial charge in [-0.2, -0.15) is 0 Å². The lowest BCUT2D eigenvalue weighted by atomic mass is 10.3. The van der Waals surface area contributed by atoms with Crippen LogP contribution in [0.4, 0.5) is 5.13 Å². The quantitative estimate of drug-likeness (QED) is 0.870. The van der Waals surface area contributed by atoms with Gasteiger partial charge in [0.2, 0.25) is 0 Å². The lowest BCUT2D eigenvalue weighted by Gasteiger charge is -2.34. The number of carbonyl (C=O) groups excluding carboxylic acids is 1. The number of rotatable bonds is 3. The molecule has 1 amide bonds. The zero-order valence-corrected chi connectivity index (χ0v) is 12.2. The first-order valence-electron chi connectivity index (χ1n) is 6.80. The molecule has 106 valence electrons. The summed E-state index contributed by atoms with van der Waals surface area (Å²) in [5, 5.41) is 3.01. The van der Waals surface area contributed by atoms with Gasteiger partial charge in [-0.1, -0.05) is 6.92 Å². The van der Waals surface area contributed by atoms with Crippen molar-refractivity contribution in [2.24, 2.45) is 0 Å². The van der Waals surface area contributed by atoms with Crippen LogP contribution in [0.3, 0.4) is 0 Å². The van der Waals surface area contributed by atoms with Crippen molar-refractivity contribution in [2.45, 2.75) is 13.3 Å². The van der Waals surface area contributed by atoms with Crippen molar-refractivity contribution in [1.82, 2.24) is 9.88 Å². The number of aryl methyl sites for hydroxylation is 1. The largest absolute Gasteiger partial charge is 0.456 e. The van der Waals surface area contributed by atoms with Gasteiger partial charge in [-0.3, -0.25) is 4.79 Å². The number of hydrogen-bond acceptors (Lipinski definition) is 5. The number of thiazole rings is 1. The van der Waals surface area contributed by atoms with Crippen LogP contribution < -0.4 is 4.90 Å². The molecule has 0 radical (unpaired) electrons. The Morgan fingerprint density at radius 3 is 2.75 bits per heavy atom. The summed E-state index contributed by atoms with van der Waals surface area (Å²) in [6.07, 6.45) is 2.62. The van der Waals surface area contributed by atoms with Crippen LogP contribution in [0.15, 0.2) is 28.1 Å². The van der Waals surface area contributed by atoms with Crippen LogP contribution in [0.1, 0.15) is 23.2 Å². The summed E-state index contributed by atoms with van der Waals surface area (Å²) in [6, 6.07) is 3.65. The van der Waals surface area contributed by atoms with E-state index in [0.29, 0.717) is 18.8 Å². The maximum Gasteiger partial charge on any atom is 0.289 e. The molecular weight excluding hydrogens is 274 g/mol. The maximum absolute atomic E-state index is 12.3. The van der Waals surface area contributed by atoms with E-state index in [0.717, 1.165) is 30.4 Å². The predicted octanol–water partition coefficient (Wildman–Crippen LogP) is 2.26. The van der Waals surface area contributed by atoms with E-state index in [-0.39, 0.29) is 5.91 Å². The average Bonchev–Trinajstić information content (AvgIpc) is 3.18. The molecule has 1 fully saturated rings. The van der Waals surface area contributed by atoms with E-state index in [1.54, 1.807) is 17.4 Å². The highest BCUT2D eigenvalue weighted by molar-refractivity contribution is 7.13. The van der Waals surface area contributed by atoms with E-state index >= 15 is 0 Å². The minimum Gasteiger partial charge on any atom is -0.456 e. The number of nitrogens with zero attached hydrogens (tertiary/aromatic N) is 3. The molecule has 0 spiro atoms. The van der Waals surface area contributed by atoms with Crippen molar-refractivity contribution in [3.8, 4) is 0 Å². The number of furan rings is 1. The lowest BCUT2D eigenvalue weighted by Crippen LogP contribution is -2.48. The fourth-order valence-corrected chi connectivity index (χ4v) is 3.01. The summed E-state index contributed by atoms with van der Waals surface area (Å²) in [7, 11) is 0. The molecule has 0 N–H and O–H groups in total. The lowest BCUT2D eigenvalue weighted by molar-refractivity contribution is 0.0713. The molecule has 2 aromatic rings. The summed E-state index contributed by atoms with van der Waals surface area (Å²) in [5.41, 5.74) is 0. The summed E-state index contributed by atoms with van der Waals surface area (Å²) in [4.78, 5) is 20.7. The Balaban J connectivity index is 1.61. The molecule has 2 aromatic heterocycles. The van der Waals surface area contributed by atoms with Gasteiger partial charge in [0.1, 0.15) is 5.76 Å². The van der Waals surface area contributed by atoms with Crippen molar-refractivity contribution in [1.29, 1.82) is 0 Å². The van der Waals surface area contributed by atoms with Crippen molar-refractivity contribution in [3.63, 3.8) is 0 Å². The Kier molecular flexibility index (Phi) is 3.73. The van der Waals surface area contributed by atoms with E-state index < -0.39 is 0 Å². The SMILES string of the molecule is CCc1ccc(C(=O)N2CCN(c3nccs3)CC2)o1. The van der Waals surface area contributed by atoms with E-state index in [4.69, 9.17) is 4.42 Å². The molecule has 20 heavy (non-hydrogen) atoms. The van der Waals surface area contributed by atoms with Crippen molar-refractivity contribution in [2.75, 3.05) is 31.1 Å². The van der Waals surface area contributed by atoms with E-state index in [1.807, 2.05) is 29.5 Å². The van der Waals surface area contributed by atoms with Crippen LogP contribution in [0, 0.1) is 0 Å². The zero-order chi connectivity index (χ0) is 13.9. The number of piperazine rings is 1. The third kappa shape index (κ3) is 2.56. The predicted molar refractivity (Wildman–Crippen MR) is 78.3 cm³/mol. The van der Waals surface area contributed by atoms with E-state index in [9.17, 15) is 4.79 Å². The summed E-state index contributed by atoms with van der Waals surface area (Å²) >= 11 is 1.63. The van der Waals surface area contributed by atoms with Crippen LogP contribution in [-0.4, -0.2) is 42.0 Å². The third-order valence-electron chi connectivity index (χ3n) is 3.48. The Morgan fingerprint density at radius 2 is 2.15 bits per heavy atom. The van der Waals surface area contributed by atoms with Crippen molar-refractivity contribution >= 4 is 22.4 Å². The molecule has 0 aromatic carbocycles. The number of hydrogen-bond donors (Lipinski definition) is 0. The van der Waals surface area contributed by atoms with E-state index in [2.05, 4.69) is 9.88 Å². The standard InChI is InChI=1S/C14H17N3O2S/c1-2-11-3-4-12(19-11)13(18)16-6-8-17(9-7-16)14-15-5-10-20-14/h3-5,10H,2,6-9H2,1H3. The second-order valence-corrected chi connectivity index (χ2v) is 5.59. The Morgan fingerprint density at radius 1 is 1.35 bits per heavy atom. The van der Waals surface area contributed by atoms with Crippen molar-refractivity contribution < 1.29 is 9.21 Å². The molecule has 0 atom stereocenters. The van der Waals surface area contributed by atoms with Gasteiger partial charge in [0.15, 0.2) is 10.9 Å². The van der Waals surface area contributed by atoms with Gasteiger partial charge in [-0.25, -0.2) is 4.98 Å². The molecule has 5 nitrogen and oxygen atoms in total. The highest BCUT2D eigenvalue weighted by Gasteiger charge is 2.24. The molecule has 0 unspecified atom stereocenters. The number of aromatic nitrogens is 1. The number of anilines is 1. The van der Waals surface area contributed by atoms with Gasteiger partial charge >= 0.3 is 0 Å². The second-order valence-electron chi connectivity index (χ2n) is 4.71. The first kappa shape index (κ1) is 13.2. The fourth-order valence-electron chi connectivity index (χ4n) is 2.31. The Bertz CT molecular complexity index is 571. The van der Waals surface area contributed by atoms with Gasteiger partial charge in [0.25, 0.3) is 5.91 Å². The minimum atomic E-state index is -0.0107. The van der Waals surface area contributed by atoms with Crippen LogP contribution in [0.5, 0.6) is 0 Å². The maximum atomic E-state index is 12.3. The second kappa shape index (κ2) is 5.66. The van der Waals surface area contributed by atoms with Gasteiger partial charge in [0, 0.05) is 44.2 Å². The molecule has 0 aliphatic carbocycles. The smallest absolute Gasteiger partial charge is 0.289 e. The summed E-state index contributed by atoms with van der Waals surface area (Å²) < 4.78 is 5.53. The molecule has 3 rings (SSSR count). The van der Waals surface area contributed by atoms with Crippen LogP contribution in [0.2, 0.25) is 0 Å². The van der Waals surface area contributed by atoms with E-state index in [1.165, 1.54) is 0 Å². The summed E-state index contributed by atoms with van der Waals surface area (Å²) in [6.45, 7) is 5.07. The Labute approximate surface area is 121 Å². The monoisotopic (exact) mass is 291 g/mol. The molecule has 6 heteroatoms. The summed E-state index contributed by atoms with van der Waals surface area (Å²) in [5.74, 6) is 1.29. The first-order valence-corrected chi connectivity index (χ1v) is 7.68. The molecule has 3 heterocycles. The molecule has 1 aliphatic heterocycles. The van der Waals surface area contributed by atoms with Gasteiger partial charge in [0.05, 0.1) is 0 Å². The minimum absolute atomic E-state index is 0.0107. The molecular formula is C14H17N3O2S. The van der Waals surface area contributed by atoms with Crippen LogP contribution in [-0.2, 0) is 6.42 Å². The third-order valence-corrected chi connectivity index (χ3v) is 4.31. The van der Waals surface area contributed by atoms with Crippen molar-refractivity contribution in [3.05, 3.63) is 35.2 Å². The molecule has 1 aliphatic rings. The Hall–Kier alpha value is -1.82. The van der Waals surface area contributed by atoms with Crippen LogP contribution in [0.25, 0.3) is 0 Å². The first-order chi connectivity index (χ1) is 9.78.